The second-order valence-electron chi connectivity index (χ2n) is 4.73. The smallest absolute Gasteiger partial charge is 0.296 e. The van der Waals surface area contributed by atoms with Crippen molar-refractivity contribution in [3.05, 3.63) is 52.5 Å². The molecule has 1 amide bonds. The minimum atomic E-state index is -3.90. The van der Waals surface area contributed by atoms with Crippen LogP contribution in [-0.2, 0) is 14.8 Å². The first-order valence-corrected chi connectivity index (χ1v) is 8.67. The third-order valence-corrected chi connectivity index (χ3v) is 4.95. The first kappa shape index (κ1) is 15.7. The van der Waals surface area contributed by atoms with Crippen LogP contribution in [0.2, 0.25) is 0 Å². The summed E-state index contributed by atoms with van der Waals surface area (Å²) in [4.78, 5) is 25.0. The molecule has 3 N–H and O–H groups in total. The SMILES string of the molecule is O=C1Nc2ccc(S(=O)(=O)NNc3ccc(Br)cc3)cc2C1=O. The van der Waals surface area contributed by atoms with E-state index in [2.05, 4.69) is 31.5 Å². The quantitative estimate of drug-likeness (QED) is 0.541. The first-order chi connectivity index (χ1) is 10.9. The van der Waals surface area contributed by atoms with Crippen molar-refractivity contribution in [2.45, 2.75) is 4.90 Å². The van der Waals surface area contributed by atoms with Crippen LogP contribution in [0.1, 0.15) is 10.4 Å². The van der Waals surface area contributed by atoms with Crippen LogP contribution < -0.4 is 15.6 Å². The molecule has 0 saturated heterocycles. The van der Waals surface area contributed by atoms with Gasteiger partial charge in [0.05, 0.1) is 16.1 Å². The normalized spacial score (nSPS) is 13.6. The minimum Gasteiger partial charge on any atom is -0.318 e. The van der Waals surface area contributed by atoms with Gasteiger partial charge in [-0.2, -0.15) is 0 Å². The lowest BCUT2D eigenvalue weighted by Gasteiger charge is -2.10. The van der Waals surface area contributed by atoms with Gasteiger partial charge in [0.2, 0.25) is 0 Å². The molecule has 0 aliphatic carbocycles. The molecule has 0 fully saturated rings. The summed E-state index contributed by atoms with van der Waals surface area (Å²) in [6.07, 6.45) is 0. The van der Waals surface area contributed by atoms with Gasteiger partial charge in [-0.1, -0.05) is 15.9 Å². The Hall–Kier alpha value is -2.23. The highest BCUT2D eigenvalue weighted by Crippen LogP contribution is 2.25. The molecule has 0 saturated carbocycles. The molecule has 118 valence electrons. The largest absolute Gasteiger partial charge is 0.318 e. The number of hydrogen-bond donors (Lipinski definition) is 3. The predicted octanol–water partition coefficient (Wildman–Crippen LogP) is 1.89. The number of halogens is 1. The van der Waals surface area contributed by atoms with Gasteiger partial charge in [0, 0.05) is 10.2 Å². The van der Waals surface area contributed by atoms with Gasteiger partial charge in [-0.05, 0) is 42.5 Å². The number of amides is 1. The van der Waals surface area contributed by atoms with E-state index in [1.165, 1.54) is 18.2 Å². The van der Waals surface area contributed by atoms with Gasteiger partial charge in [-0.25, -0.2) is 8.42 Å². The van der Waals surface area contributed by atoms with Gasteiger partial charge in [0.1, 0.15) is 0 Å². The summed E-state index contributed by atoms with van der Waals surface area (Å²) in [5, 5.41) is 2.37. The monoisotopic (exact) mass is 395 g/mol. The van der Waals surface area contributed by atoms with E-state index in [4.69, 9.17) is 0 Å². The van der Waals surface area contributed by atoms with Gasteiger partial charge in [-0.15, -0.1) is 4.83 Å². The molecule has 3 rings (SSSR count). The van der Waals surface area contributed by atoms with Crippen LogP contribution in [0.15, 0.2) is 51.8 Å². The molecule has 2 aromatic carbocycles. The number of fused-ring (bicyclic) bond motifs is 1. The van der Waals surface area contributed by atoms with Crippen molar-refractivity contribution in [2.24, 2.45) is 0 Å². The predicted molar refractivity (Wildman–Crippen MR) is 87.5 cm³/mol. The summed E-state index contributed by atoms with van der Waals surface area (Å²) >= 11 is 3.28. The molecule has 7 nitrogen and oxygen atoms in total. The standard InChI is InChI=1S/C14H10BrN3O4S/c15-8-1-3-9(4-2-8)17-18-23(21,22)10-5-6-12-11(7-10)13(19)14(20)16-12/h1-7,17-18H,(H,16,19,20). The molecule has 1 aliphatic rings. The van der Waals surface area contributed by atoms with E-state index in [0.29, 0.717) is 11.4 Å². The number of Topliss-reactive ketones (excluding diaryl/α,β-unsaturated/α-hetero) is 1. The lowest BCUT2D eigenvalue weighted by Crippen LogP contribution is -2.29. The first-order valence-electron chi connectivity index (χ1n) is 6.40. The van der Waals surface area contributed by atoms with Gasteiger partial charge in [-0.3, -0.25) is 9.59 Å². The highest BCUT2D eigenvalue weighted by molar-refractivity contribution is 9.10. The van der Waals surface area contributed by atoms with E-state index >= 15 is 0 Å². The number of hydrazine groups is 1. The fraction of sp³-hybridized carbons (Fsp3) is 0. The second-order valence-corrected chi connectivity index (χ2v) is 7.33. The van der Waals surface area contributed by atoms with Gasteiger partial charge >= 0.3 is 0 Å². The summed E-state index contributed by atoms with van der Waals surface area (Å²) in [7, 11) is -3.90. The molecular weight excluding hydrogens is 386 g/mol. The Labute approximate surface area is 140 Å². The van der Waals surface area contributed by atoms with E-state index in [-0.39, 0.29) is 10.5 Å². The Morgan fingerprint density at radius 3 is 2.39 bits per heavy atom. The Balaban J connectivity index is 1.82. The summed E-state index contributed by atoms with van der Waals surface area (Å²) in [6, 6.07) is 10.7. The lowest BCUT2D eigenvalue weighted by atomic mass is 10.1. The van der Waals surface area contributed by atoms with Crippen LogP contribution >= 0.6 is 15.9 Å². The highest BCUT2D eigenvalue weighted by atomic mass is 79.9. The van der Waals surface area contributed by atoms with E-state index in [1.54, 1.807) is 24.3 Å². The van der Waals surface area contributed by atoms with Crippen molar-refractivity contribution < 1.29 is 18.0 Å². The zero-order valence-electron chi connectivity index (χ0n) is 11.5. The zero-order valence-corrected chi connectivity index (χ0v) is 13.9. The average molecular weight is 396 g/mol. The number of anilines is 2. The topological polar surface area (TPSA) is 104 Å². The van der Waals surface area contributed by atoms with Crippen LogP contribution in [0, 0.1) is 0 Å². The number of sulfonamides is 1. The molecule has 0 bridgehead atoms. The van der Waals surface area contributed by atoms with Crippen LogP contribution in [0.25, 0.3) is 0 Å². The van der Waals surface area contributed by atoms with Gasteiger partial charge in [0.15, 0.2) is 0 Å². The summed E-state index contributed by atoms with van der Waals surface area (Å²) in [5.41, 5.74) is 3.47. The van der Waals surface area contributed by atoms with Crippen LogP contribution in [0.3, 0.4) is 0 Å². The molecule has 0 atom stereocenters. The van der Waals surface area contributed by atoms with Crippen LogP contribution in [0.4, 0.5) is 11.4 Å². The van der Waals surface area contributed by atoms with Crippen molar-refractivity contribution in [3.8, 4) is 0 Å². The maximum atomic E-state index is 12.3. The molecule has 9 heteroatoms. The number of benzene rings is 2. The van der Waals surface area contributed by atoms with Crippen LogP contribution in [-0.4, -0.2) is 20.1 Å². The van der Waals surface area contributed by atoms with Gasteiger partial charge < -0.3 is 10.7 Å². The number of rotatable bonds is 4. The Kier molecular flexibility index (Phi) is 3.92. The lowest BCUT2D eigenvalue weighted by molar-refractivity contribution is -0.112. The molecule has 0 unspecified atom stereocenters. The van der Waals surface area contributed by atoms with E-state index in [0.717, 1.165) is 4.47 Å². The van der Waals surface area contributed by atoms with Crippen molar-refractivity contribution in [3.63, 3.8) is 0 Å². The Morgan fingerprint density at radius 2 is 1.70 bits per heavy atom. The van der Waals surface area contributed by atoms with Crippen molar-refractivity contribution in [2.75, 3.05) is 10.7 Å². The zero-order chi connectivity index (χ0) is 16.6. The number of nitrogens with one attached hydrogen (secondary N) is 3. The third kappa shape index (κ3) is 3.11. The van der Waals surface area contributed by atoms with Crippen molar-refractivity contribution in [1.82, 2.24) is 4.83 Å². The molecule has 2 aromatic rings. The molecule has 23 heavy (non-hydrogen) atoms. The molecule has 0 aromatic heterocycles. The average Bonchev–Trinajstić information content (AvgIpc) is 2.81. The molecular formula is C14H10BrN3O4S. The summed E-state index contributed by atoms with van der Waals surface area (Å²) in [5.74, 6) is -1.52. The number of carbonyl (C=O) groups excluding carboxylic acids is 2. The number of hydrogen-bond acceptors (Lipinski definition) is 5. The summed E-state index contributed by atoms with van der Waals surface area (Å²) in [6.45, 7) is 0. The highest BCUT2D eigenvalue weighted by Gasteiger charge is 2.29. The van der Waals surface area contributed by atoms with Crippen molar-refractivity contribution in [1.29, 1.82) is 0 Å². The maximum Gasteiger partial charge on any atom is 0.296 e. The summed E-state index contributed by atoms with van der Waals surface area (Å²) < 4.78 is 25.4. The molecule has 1 heterocycles. The van der Waals surface area contributed by atoms with E-state index < -0.39 is 21.7 Å². The molecule has 1 aliphatic heterocycles. The van der Waals surface area contributed by atoms with Gasteiger partial charge in [0.25, 0.3) is 21.7 Å². The molecule has 0 spiro atoms. The minimum absolute atomic E-state index is 0.0431. The number of ketones is 1. The van der Waals surface area contributed by atoms with E-state index in [9.17, 15) is 18.0 Å². The second kappa shape index (κ2) is 5.76. The molecule has 0 radical (unpaired) electrons. The van der Waals surface area contributed by atoms with E-state index in [1.807, 2.05) is 0 Å². The maximum absolute atomic E-state index is 12.3. The van der Waals surface area contributed by atoms with Crippen LogP contribution in [0.5, 0.6) is 0 Å². The fourth-order valence-electron chi connectivity index (χ4n) is 2.01. The van der Waals surface area contributed by atoms with Crippen molar-refractivity contribution >= 4 is 49.0 Å². The third-order valence-electron chi connectivity index (χ3n) is 3.17. The Morgan fingerprint density at radius 1 is 1.00 bits per heavy atom. The number of carbonyl (C=O) groups is 2. The fourth-order valence-corrected chi connectivity index (χ4v) is 3.16. The Bertz CT molecular complexity index is 910.